The first-order chi connectivity index (χ1) is 10.1. The Morgan fingerprint density at radius 2 is 2.33 bits per heavy atom. The Labute approximate surface area is 126 Å². The molecule has 0 spiro atoms. The number of aromatic nitrogens is 2. The lowest BCUT2D eigenvalue weighted by Crippen LogP contribution is -2.13. The minimum absolute atomic E-state index is 0.0348. The molecule has 3 rings (SSSR count). The highest BCUT2D eigenvalue weighted by molar-refractivity contribution is 7.99. The third kappa shape index (κ3) is 2.77. The Bertz CT molecular complexity index is 686. The van der Waals surface area contributed by atoms with Crippen molar-refractivity contribution in [2.75, 3.05) is 5.75 Å². The topological polar surface area (TPSA) is 55.1 Å². The molecule has 0 saturated heterocycles. The molecular formula is C15H17FN2O2S. The Morgan fingerprint density at radius 1 is 1.52 bits per heavy atom. The van der Waals surface area contributed by atoms with Crippen molar-refractivity contribution in [3.63, 3.8) is 0 Å². The standard InChI is InChI=1S/C15H17FN2O2S/c1-9-3-2-4-12(9)18-13-7-10(16)5-6-11(13)17-15(18)21-8-14(19)20/h5-7,9,12H,2-4,8H2,1H3,(H,19,20). The zero-order chi connectivity index (χ0) is 15.0. The maximum atomic E-state index is 13.6. The Hall–Kier alpha value is -1.56. The van der Waals surface area contributed by atoms with E-state index in [2.05, 4.69) is 11.9 Å². The predicted molar refractivity (Wildman–Crippen MR) is 80.1 cm³/mol. The minimum atomic E-state index is -0.871. The summed E-state index contributed by atoms with van der Waals surface area (Å²) >= 11 is 1.21. The van der Waals surface area contributed by atoms with Crippen LogP contribution in [0.4, 0.5) is 4.39 Å². The number of carboxylic acids is 1. The fourth-order valence-electron chi connectivity index (χ4n) is 3.10. The van der Waals surface area contributed by atoms with Gasteiger partial charge in [-0.25, -0.2) is 9.37 Å². The molecule has 1 fully saturated rings. The third-order valence-electron chi connectivity index (χ3n) is 4.09. The van der Waals surface area contributed by atoms with Crippen LogP contribution in [0.25, 0.3) is 11.0 Å². The third-order valence-corrected chi connectivity index (χ3v) is 5.03. The van der Waals surface area contributed by atoms with Crippen LogP contribution in [0.15, 0.2) is 23.4 Å². The van der Waals surface area contributed by atoms with E-state index in [0.29, 0.717) is 11.1 Å². The van der Waals surface area contributed by atoms with Gasteiger partial charge in [0.05, 0.1) is 16.8 Å². The van der Waals surface area contributed by atoms with Crippen LogP contribution in [0.5, 0.6) is 0 Å². The number of hydrogen-bond donors (Lipinski definition) is 1. The van der Waals surface area contributed by atoms with E-state index in [1.54, 1.807) is 6.07 Å². The zero-order valence-corrected chi connectivity index (χ0v) is 12.6. The van der Waals surface area contributed by atoms with Gasteiger partial charge >= 0.3 is 5.97 Å². The Morgan fingerprint density at radius 3 is 3.00 bits per heavy atom. The highest BCUT2D eigenvalue weighted by Gasteiger charge is 2.29. The molecule has 21 heavy (non-hydrogen) atoms. The minimum Gasteiger partial charge on any atom is -0.481 e. The summed E-state index contributed by atoms with van der Waals surface area (Å²) < 4.78 is 15.6. The molecule has 2 aromatic rings. The summed E-state index contributed by atoms with van der Waals surface area (Å²) in [6.07, 6.45) is 3.32. The lowest BCUT2D eigenvalue weighted by molar-refractivity contribution is -0.133. The van der Waals surface area contributed by atoms with E-state index in [4.69, 9.17) is 5.11 Å². The summed E-state index contributed by atoms with van der Waals surface area (Å²) in [5, 5.41) is 9.56. The van der Waals surface area contributed by atoms with Gasteiger partial charge in [-0.3, -0.25) is 4.79 Å². The summed E-state index contributed by atoms with van der Waals surface area (Å²) in [7, 11) is 0. The van der Waals surface area contributed by atoms with E-state index in [1.807, 2.05) is 4.57 Å². The van der Waals surface area contributed by atoms with E-state index < -0.39 is 5.97 Å². The zero-order valence-electron chi connectivity index (χ0n) is 11.8. The van der Waals surface area contributed by atoms with Gasteiger partial charge in [-0.05, 0) is 37.0 Å². The predicted octanol–water partition coefficient (Wildman–Crippen LogP) is 3.71. The molecule has 1 aromatic heterocycles. The molecule has 0 amide bonds. The van der Waals surface area contributed by atoms with Crippen LogP contribution in [0, 0.1) is 11.7 Å². The fourth-order valence-corrected chi connectivity index (χ4v) is 3.89. The number of nitrogens with zero attached hydrogens (tertiary/aromatic N) is 2. The van der Waals surface area contributed by atoms with Gasteiger partial charge in [0.15, 0.2) is 5.16 Å². The van der Waals surface area contributed by atoms with E-state index in [1.165, 1.54) is 23.9 Å². The molecule has 0 aliphatic heterocycles. The molecule has 4 nitrogen and oxygen atoms in total. The van der Waals surface area contributed by atoms with Crippen LogP contribution < -0.4 is 0 Å². The number of fused-ring (bicyclic) bond motifs is 1. The van der Waals surface area contributed by atoms with E-state index in [0.717, 1.165) is 30.3 Å². The molecule has 1 aliphatic carbocycles. The van der Waals surface area contributed by atoms with Crippen LogP contribution in [0.3, 0.4) is 0 Å². The van der Waals surface area contributed by atoms with E-state index in [9.17, 15) is 9.18 Å². The van der Waals surface area contributed by atoms with Crippen molar-refractivity contribution in [3.8, 4) is 0 Å². The molecule has 1 saturated carbocycles. The first-order valence-electron chi connectivity index (χ1n) is 7.08. The summed E-state index contributed by atoms with van der Waals surface area (Å²) in [6, 6.07) is 4.82. The number of imidazole rings is 1. The molecule has 6 heteroatoms. The molecule has 1 aliphatic rings. The Balaban J connectivity index is 2.09. The van der Waals surface area contributed by atoms with Crippen LogP contribution in [0.2, 0.25) is 0 Å². The lowest BCUT2D eigenvalue weighted by atomic mass is 10.1. The first-order valence-corrected chi connectivity index (χ1v) is 8.07. The maximum absolute atomic E-state index is 13.6. The summed E-state index contributed by atoms with van der Waals surface area (Å²) in [5.41, 5.74) is 1.49. The average Bonchev–Trinajstić information content (AvgIpc) is 2.99. The van der Waals surface area contributed by atoms with Gasteiger partial charge < -0.3 is 9.67 Å². The second-order valence-electron chi connectivity index (χ2n) is 5.56. The van der Waals surface area contributed by atoms with E-state index in [-0.39, 0.29) is 17.6 Å². The van der Waals surface area contributed by atoms with Crippen LogP contribution in [-0.4, -0.2) is 26.4 Å². The molecule has 112 valence electrons. The van der Waals surface area contributed by atoms with Gasteiger partial charge in [0.1, 0.15) is 5.82 Å². The van der Waals surface area contributed by atoms with Crippen molar-refractivity contribution in [2.24, 2.45) is 5.92 Å². The summed E-state index contributed by atoms with van der Waals surface area (Å²) in [4.78, 5) is 15.3. The first kappa shape index (κ1) is 14.4. The lowest BCUT2D eigenvalue weighted by Gasteiger charge is -2.20. The van der Waals surface area contributed by atoms with Crippen LogP contribution in [0.1, 0.15) is 32.2 Å². The highest BCUT2D eigenvalue weighted by atomic mass is 32.2. The summed E-state index contributed by atoms with van der Waals surface area (Å²) in [5.74, 6) is -0.699. The van der Waals surface area contributed by atoms with Crippen molar-refractivity contribution in [1.82, 2.24) is 9.55 Å². The van der Waals surface area contributed by atoms with Crippen molar-refractivity contribution >= 4 is 28.8 Å². The molecule has 1 N–H and O–H groups in total. The second-order valence-corrected chi connectivity index (χ2v) is 6.50. The second kappa shape index (κ2) is 5.67. The normalized spacial score (nSPS) is 22.0. The van der Waals surface area contributed by atoms with Crippen LogP contribution in [-0.2, 0) is 4.79 Å². The number of aliphatic carboxylic acids is 1. The number of carbonyl (C=O) groups is 1. The van der Waals surface area contributed by atoms with Gasteiger partial charge in [0, 0.05) is 6.04 Å². The molecule has 2 unspecified atom stereocenters. The number of rotatable bonds is 4. The fraction of sp³-hybridized carbons (Fsp3) is 0.467. The van der Waals surface area contributed by atoms with Gasteiger partial charge in [-0.2, -0.15) is 0 Å². The SMILES string of the molecule is CC1CCCC1n1c(SCC(=O)O)nc2ccc(F)cc21. The summed E-state index contributed by atoms with van der Waals surface area (Å²) in [6.45, 7) is 2.19. The number of carboxylic acid groups (broad SMARTS) is 1. The van der Waals surface area contributed by atoms with Gasteiger partial charge in [0.2, 0.25) is 0 Å². The maximum Gasteiger partial charge on any atom is 0.313 e. The number of thioether (sulfide) groups is 1. The monoisotopic (exact) mass is 308 g/mol. The molecule has 0 radical (unpaired) electrons. The molecule has 1 aromatic carbocycles. The largest absolute Gasteiger partial charge is 0.481 e. The van der Waals surface area contributed by atoms with Crippen molar-refractivity contribution in [1.29, 1.82) is 0 Å². The number of benzene rings is 1. The van der Waals surface area contributed by atoms with E-state index >= 15 is 0 Å². The van der Waals surface area contributed by atoms with Gasteiger partial charge in [-0.15, -0.1) is 0 Å². The number of hydrogen-bond acceptors (Lipinski definition) is 3. The molecule has 1 heterocycles. The smallest absolute Gasteiger partial charge is 0.313 e. The van der Waals surface area contributed by atoms with Crippen molar-refractivity contribution in [2.45, 2.75) is 37.4 Å². The molecule has 2 atom stereocenters. The van der Waals surface area contributed by atoms with Crippen LogP contribution >= 0.6 is 11.8 Å². The molecule has 0 bridgehead atoms. The molecular weight excluding hydrogens is 291 g/mol. The Kier molecular flexibility index (Phi) is 3.89. The van der Waals surface area contributed by atoms with Crippen molar-refractivity contribution in [3.05, 3.63) is 24.0 Å². The van der Waals surface area contributed by atoms with Gasteiger partial charge in [0.25, 0.3) is 0 Å². The van der Waals surface area contributed by atoms with Crippen molar-refractivity contribution < 1.29 is 14.3 Å². The average molecular weight is 308 g/mol. The highest BCUT2D eigenvalue weighted by Crippen LogP contribution is 2.40. The quantitative estimate of drug-likeness (QED) is 0.875. The van der Waals surface area contributed by atoms with Gasteiger partial charge in [-0.1, -0.05) is 25.1 Å². The number of halogens is 1.